The quantitative estimate of drug-likeness (QED) is 0.513. The van der Waals surface area contributed by atoms with E-state index in [1.54, 1.807) is 60.7 Å². The zero-order chi connectivity index (χ0) is 21.6. The number of nitrogens with zero attached hydrogens (tertiary/aromatic N) is 1. The first kappa shape index (κ1) is 21.1. The highest BCUT2D eigenvalue weighted by molar-refractivity contribution is 7.95. The molecule has 0 saturated carbocycles. The number of nitriles is 1. The van der Waals surface area contributed by atoms with Crippen LogP contribution in [0.15, 0.2) is 82.6 Å². The summed E-state index contributed by atoms with van der Waals surface area (Å²) in [5, 5.41) is 9.41. The predicted molar refractivity (Wildman–Crippen MR) is 111 cm³/mol. The van der Waals surface area contributed by atoms with Crippen LogP contribution in [0, 0.1) is 17.1 Å². The molecule has 3 aromatic rings. The standard InChI is InChI=1S/C23H18FNO4S/c1-28-23-14-17(11-12-22(23)29-16-18-7-5-6-10-21(18)24)13-20(15-25)30(26,27)19-8-3-2-4-9-19/h2-14H,16H2,1H3. The van der Waals surface area contributed by atoms with Gasteiger partial charge in [-0.2, -0.15) is 5.26 Å². The van der Waals surface area contributed by atoms with Gasteiger partial charge in [0.15, 0.2) is 11.5 Å². The topological polar surface area (TPSA) is 76.4 Å². The Hall–Kier alpha value is -3.63. The van der Waals surface area contributed by atoms with E-state index in [1.807, 2.05) is 0 Å². The van der Waals surface area contributed by atoms with Crippen molar-refractivity contribution in [3.63, 3.8) is 0 Å². The number of halogens is 1. The molecule has 0 aliphatic rings. The molecule has 0 fully saturated rings. The molecule has 3 aromatic carbocycles. The molecular formula is C23H18FNO4S. The van der Waals surface area contributed by atoms with Crippen molar-refractivity contribution in [1.82, 2.24) is 0 Å². The highest BCUT2D eigenvalue weighted by atomic mass is 32.2. The van der Waals surface area contributed by atoms with Crippen LogP contribution < -0.4 is 9.47 Å². The first-order chi connectivity index (χ1) is 14.5. The first-order valence-electron chi connectivity index (χ1n) is 8.92. The lowest BCUT2D eigenvalue weighted by Gasteiger charge is -2.12. The Morgan fingerprint density at radius 3 is 2.40 bits per heavy atom. The van der Waals surface area contributed by atoms with E-state index in [4.69, 9.17) is 9.47 Å². The van der Waals surface area contributed by atoms with Crippen LogP contribution in [0.4, 0.5) is 4.39 Å². The summed E-state index contributed by atoms with van der Waals surface area (Å²) < 4.78 is 50.1. The second-order valence-corrected chi connectivity index (χ2v) is 8.15. The van der Waals surface area contributed by atoms with E-state index >= 15 is 0 Å². The molecule has 0 atom stereocenters. The zero-order valence-corrected chi connectivity index (χ0v) is 16.9. The summed E-state index contributed by atoms with van der Waals surface area (Å²) in [4.78, 5) is -0.356. The van der Waals surface area contributed by atoms with Crippen molar-refractivity contribution in [2.75, 3.05) is 7.11 Å². The van der Waals surface area contributed by atoms with Crippen molar-refractivity contribution < 1.29 is 22.3 Å². The average Bonchev–Trinajstić information content (AvgIpc) is 2.77. The van der Waals surface area contributed by atoms with E-state index in [0.717, 1.165) is 0 Å². The minimum Gasteiger partial charge on any atom is -0.493 e. The molecule has 0 aliphatic heterocycles. The van der Waals surface area contributed by atoms with Crippen LogP contribution in [0.1, 0.15) is 11.1 Å². The third kappa shape index (κ3) is 4.67. The molecule has 0 amide bonds. The second kappa shape index (κ2) is 9.25. The number of hydrogen-bond acceptors (Lipinski definition) is 5. The number of hydrogen-bond donors (Lipinski definition) is 0. The van der Waals surface area contributed by atoms with Gasteiger partial charge in [0.25, 0.3) is 0 Å². The molecule has 5 nitrogen and oxygen atoms in total. The molecule has 3 rings (SSSR count). The number of allylic oxidation sites excluding steroid dienone is 1. The zero-order valence-electron chi connectivity index (χ0n) is 16.1. The summed E-state index contributed by atoms with van der Waals surface area (Å²) in [6.45, 7) is 0.00402. The average molecular weight is 423 g/mol. The molecule has 0 bridgehead atoms. The fraction of sp³-hybridized carbons (Fsp3) is 0.0870. The molecule has 0 unspecified atom stereocenters. The van der Waals surface area contributed by atoms with Crippen LogP contribution in [0.3, 0.4) is 0 Å². The fourth-order valence-electron chi connectivity index (χ4n) is 2.71. The number of methoxy groups -OCH3 is 1. The highest BCUT2D eigenvalue weighted by Crippen LogP contribution is 2.31. The van der Waals surface area contributed by atoms with Gasteiger partial charge in [0, 0.05) is 5.56 Å². The maximum absolute atomic E-state index is 13.8. The van der Waals surface area contributed by atoms with E-state index in [0.29, 0.717) is 22.6 Å². The molecule has 0 heterocycles. The Balaban J connectivity index is 1.88. The lowest BCUT2D eigenvalue weighted by atomic mass is 10.2. The Kier molecular flexibility index (Phi) is 6.50. The number of benzene rings is 3. The van der Waals surface area contributed by atoms with E-state index in [2.05, 4.69) is 0 Å². The highest BCUT2D eigenvalue weighted by Gasteiger charge is 2.20. The fourth-order valence-corrected chi connectivity index (χ4v) is 3.89. The summed E-state index contributed by atoms with van der Waals surface area (Å²) in [7, 11) is -2.51. The molecular weight excluding hydrogens is 405 g/mol. The Morgan fingerprint density at radius 1 is 1.03 bits per heavy atom. The van der Waals surface area contributed by atoms with E-state index in [-0.39, 0.29) is 17.3 Å². The lowest BCUT2D eigenvalue weighted by Crippen LogP contribution is -2.03. The predicted octanol–water partition coefficient (Wildman–Crippen LogP) is 4.75. The SMILES string of the molecule is COc1cc(C=C(C#N)S(=O)(=O)c2ccccc2)ccc1OCc1ccccc1F. The van der Waals surface area contributed by atoms with Gasteiger partial charge in [0.05, 0.1) is 12.0 Å². The van der Waals surface area contributed by atoms with E-state index in [1.165, 1.54) is 31.4 Å². The Labute approximate surface area is 174 Å². The summed E-state index contributed by atoms with van der Waals surface area (Å²) in [6.07, 6.45) is 1.27. The van der Waals surface area contributed by atoms with Gasteiger partial charge >= 0.3 is 0 Å². The first-order valence-corrected chi connectivity index (χ1v) is 10.4. The molecule has 7 heteroatoms. The summed E-state index contributed by atoms with van der Waals surface area (Å²) in [5.41, 5.74) is 0.838. The molecule has 0 spiro atoms. The van der Waals surface area contributed by atoms with Gasteiger partial charge in [0.2, 0.25) is 9.84 Å². The van der Waals surface area contributed by atoms with Crippen LogP contribution in [0.25, 0.3) is 6.08 Å². The third-order valence-corrected chi connectivity index (χ3v) is 5.96. The van der Waals surface area contributed by atoms with Gasteiger partial charge in [-0.3, -0.25) is 0 Å². The van der Waals surface area contributed by atoms with Gasteiger partial charge in [-0.15, -0.1) is 0 Å². The maximum Gasteiger partial charge on any atom is 0.216 e. The second-order valence-electron chi connectivity index (χ2n) is 6.23. The summed E-state index contributed by atoms with van der Waals surface area (Å²) in [6, 6.07) is 20.5. The van der Waals surface area contributed by atoms with Crippen molar-refractivity contribution in [2.45, 2.75) is 11.5 Å². The van der Waals surface area contributed by atoms with Gasteiger partial charge in [-0.05, 0) is 42.0 Å². The molecule has 0 aliphatic carbocycles. The lowest BCUT2D eigenvalue weighted by molar-refractivity contribution is 0.279. The Bertz CT molecular complexity index is 1220. The minimum absolute atomic E-state index is 0.00402. The van der Waals surface area contributed by atoms with Crippen molar-refractivity contribution in [3.05, 3.63) is 94.6 Å². The number of ether oxygens (including phenoxy) is 2. The maximum atomic E-state index is 13.8. The number of rotatable bonds is 7. The van der Waals surface area contributed by atoms with Gasteiger partial charge in [-0.1, -0.05) is 42.5 Å². The molecule has 152 valence electrons. The molecule has 0 saturated heterocycles. The molecule has 30 heavy (non-hydrogen) atoms. The van der Waals surface area contributed by atoms with Crippen molar-refractivity contribution in [3.8, 4) is 17.6 Å². The molecule has 0 N–H and O–H groups in total. The normalized spacial score (nSPS) is 11.6. The molecule has 0 radical (unpaired) electrons. The van der Waals surface area contributed by atoms with Crippen molar-refractivity contribution in [1.29, 1.82) is 5.26 Å². The van der Waals surface area contributed by atoms with Crippen LogP contribution in [0.2, 0.25) is 0 Å². The third-order valence-electron chi connectivity index (χ3n) is 4.28. The van der Waals surface area contributed by atoms with Crippen LogP contribution in [-0.2, 0) is 16.4 Å². The summed E-state index contributed by atoms with van der Waals surface area (Å²) in [5.74, 6) is 0.317. The van der Waals surface area contributed by atoms with Crippen molar-refractivity contribution >= 4 is 15.9 Å². The van der Waals surface area contributed by atoms with Crippen molar-refractivity contribution in [2.24, 2.45) is 0 Å². The Morgan fingerprint density at radius 2 is 1.73 bits per heavy atom. The van der Waals surface area contributed by atoms with Crippen LogP contribution in [0.5, 0.6) is 11.5 Å². The van der Waals surface area contributed by atoms with E-state index in [9.17, 15) is 18.1 Å². The van der Waals surface area contributed by atoms with Gasteiger partial charge < -0.3 is 9.47 Å². The smallest absolute Gasteiger partial charge is 0.216 e. The van der Waals surface area contributed by atoms with E-state index < -0.39 is 14.7 Å². The minimum atomic E-state index is -3.94. The number of sulfone groups is 1. The van der Waals surface area contributed by atoms with Gasteiger partial charge in [-0.25, -0.2) is 12.8 Å². The van der Waals surface area contributed by atoms with Gasteiger partial charge in [0.1, 0.15) is 23.4 Å². The monoisotopic (exact) mass is 423 g/mol. The molecule has 0 aromatic heterocycles. The largest absolute Gasteiger partial charge is 0.493 e. The van der Waals surface area contributed by atoms with Crippen LogP contribution >= 0.6 is 0 Å². The van der Waals surface area contributed by atoms with Crippen LogP contribution in [-0.4, -0.2) is 15.5 Å². The summed E-state index contributed by atoms with van der Waals surface area (Å²) >= 11 is 0.